The topological polar surface area (TPSA) is 75.7 Å². The maximum atomic E-state index is 13.1. The molecule has 2 aliphatic heterocycles. The van der Waals surface area contributed by atoms with Crippen molar-refractivity contribution in [1.82, 2.24) is 9.62 Å². The van der Waals surface area contributed by atoms with Crippen LogP contribution in [0.1, 0.15) is 25.7 Å². The zero-order valence-corrected chi connectivity index (χ0v) is 15.7. The van der Waals surface area contributed by atoms with Gasteiger partial charge in [-0.3, -0.25) is 4.79 Å². The first-order valence-corrected chi connectivity index (χ1v) is 10.9. The Morgan fingerprint density at radius 1 is 1.19 bits per heavy atom. The summed E-state index contributed by atoms with van der Waals surface area (Å²) in [7, 11) is -3.59. The van der Waals surface area contributed by atoms with Gasteiger partial charge in [-0.25, -0.2) is 8.42 Å². The number of benzene rings is 1. The zero-order valence-electron chi connectivity index (χ0n) is 14.9. The maximum Gasteiger partial charge on any atom is 0.243 e. The summed E-state index contributed by atoms with van der Waals surface area (Å²) in [4.78, 5) is 13.2. The van der Waals surface area contributed by atoms with Crippen LogP contribution in [0.15, 0.2) is 35.2 Å². The SMILES string of the molecule is O=C(NCC1CC1)C1CN(S(=O)(=O)c2ccccc2)CC12CCOCC2. The van der Waals surface area contributed by atoms with E-state index in [9.17, 15) is 13.2 Å². The number of amides is 1. The maximum absolute atomic E-state index is 13.1. The second kappa shape index (κ2) is 6.94. The van der Waals surface area contributed by atoms with Crippen LogP contribution in [0.25, 0.3) is 0 Å². The molecule has 1 spiro atoms. The summed E-state index contributed by atoms with van der Waals surface area (Å²) in [6, 6.07) is 8.50. The van der Waals surface area contributed by atoms with Crippen molar-refractivity contribution < 1.29 is 17.9 Å². The van der Waals surface area contributed by atoms with Crippen LogP contribution in [-0.4, -0.2) is 51.5 Å². The van der Waals surface area contributed by atoms with Gasteiger partial charge >= 0.3 is 0 Å². The van der Waals surface area contributed by atoms with E-state index in [1.807, 2.05) is 0 Å². The normalized spacial score (nSPS) is 26.1. The largest absolute Gasteiger partial charge is 0.381 e. The molecule has 1 saturated carbocycles. The van der Waals surface area contributed by atoms with E-state index in [1.165, 1.54) is 17.1 Å². The Kier molecular flexibility index (Phi) is 4.79. The molecule has 142 valence electrons. The van der Waals surface area contributed by atoms with Crippen molar-refractivity contribution in [2.24, 2.45) is 17.3 Å². The number of sulfonamides is 1. The number of ether oxygens (including phenoxy) is 1. The van der Waals surface area contributed by atoms with Crippen molar-refractivity contribution >= 4 is 15.9 Å². The summed E-state index contributed by atoms with van der Waals surface area (Å²) in [5, 5.41) is 3.07. The van der Waals surface area contributed by atoms with E-state index in [1.54, 1.807) is 30.3 Å². The molecule has 1 atom stereocenters. The quantitative estimate of drug-likeness (QED) is 0.845. The molecule has 4 rings (SSSR count). The van der Waals surface area contributed by atoms with Crippen LogP contribution in [0, 0.1) is 17.3 Å². The van der Waals surface area contributed by atoms with Gasteiger partial charge in [0.1, 0.15) is 0 Å². The van der Waals surface area contributed by atoms with Crippen LogP contribution in [-0.2, 0) is 19.6 Å². The van der Waals surface area contributed by atoms with Crippen LogP contribution in [0.2, 0.25) is 0 Å². The molecule has 0 radical (unpaired) electrons. The number of nitrogens with one attached hydrogen (secondary N) is 1. The summed E-state index contributed by atoms with van der Waals surface area (Å²) in [5.74, 6) is 0.309. The van der Waals surface area contributed by atoms with Gasteiger partial charge < -0.3 is 10.1 Å². The third-order valence-corrected chi connectivity index (χ3v) is 7.89. The molecule has 6 nitrogen and oxygen atoms in total. The van der Waals surface area contributed by atoms with Gasteiger partial charge in [0.15, 0.2) is 0 Å². The van der Waals surface area contributed by atoms with E-state index in [2.05, 4.69) is 5.32 Å². The minimum absolute atomic E-state index is 0.00422. The Morgan fingerprint density at radius 3 is 2.54 bits per heavy atom. The molecule has 3 fully saturated rings. The van der Waals surface area contributed by atoms with Crippen molar-refractivity contribution in [3.8, 4) is 0 Å². The highest BCUT2D eigenvalue weighted by molar-refractivity contribution is 7.89. The van der Waals surface area contributed by atoms with E-state index in [4.69, 9.17) is 4.74 Å². The third kappa shape index (κ3) is 3.40. The number of nitrogens with zero attached hydrogens (tertiary/aromatic N) is 1. The van der Waals surface area contributed by atoms with E-state index in [-0.39, 0.29) is 23.8 Å². The summed E-state index contributed by atoms with van der Waals surface area (Å²) in [5.41, 5.74) is -0.312. The average molecular weight is 378 g/mol. The lowest BCUT2D eigenvalue weighted by atomic mass is 9.72. The minimum atomic E-state index is -3.59. The highest BCUT2D eigenvalue weighted by atomic mass is 32.2. The Bertz CT molecular complexity index is 755. The second-order valence-electron chi connectivity index (χ2n) is 7.83. The van der Waals surface area contributed by atoms with E-state index in [0.717, 1.165) is 12.8 Å². The summed E-state index contributed by atoms with van der Waals surface area (Å²) < 4.78 is 33.1. The molecular formula is C19H26N2O4S. The molecular weight excluding hydrogens is 352 g/mol. The van der Waals surface area contributed by atoms with Gasteiger partial charge in [0.05, 0.1) is 10.8 Å². The Balaban J connectivity index is 1.57. The number of carbonyl (C=O) groups is 1. The number of hydrogen-bond acceptors (Lipinski definition) is 4. The lowest BCUT2D eigenvalue weighted by molar-refractivity contribution is -0.129. The zero-order chi connectivity index (χ0) is 18.2. The van der Waals surface area contributed by atoms with Crippen molar-refractivity contribution in [3.05, 3.63) is 30.3 Å². The van der Waals surface area contributed by atoms with Gasteiger partial charge in [-0.05, 0) is 43.7 Å². The monoisotopic (exact) mass is 378 g/mol. The molecule has 1 aromatic rings. The first kappa shape index (κ1) is 17.9. The second-order valence-corrected chi connectivity index (χ2v) is 9.76. The lowest BCUT2D eigenvalue weighted by Gasteiger charge is -2.37. The van der Waals surface area contributed by atoms with Crippen molar-refractivity contribution in [1.29, 1.82) is 0 Å². The van der Waals surface area contributed by atoms with Crippen LogP contribution in [0.4, 0.5) is 0 Å². The molecule has 0 aromatic heterocycles. The first-order valence-electron chi connectivity index (χ1n) is 9.42. The predicted molar refractivity (Wildman–Crippen MR) is 96.9 cm³/mol. The molecule has 0 bridgehead atoms. The van der Waals surface area contributed by atoms with Gasteiger partial charge in [0, 0.05) is 38.3 Å². The van der Waals surface area contributed by atoms with Gasteiger partial charge in [-0.2, -0.15) is 4.31 Å². The molecule has 1 amide bonds. The van der Waals surface area contributed by atoms with Crippen LogP contribution in [0.5, 0.6) is 0 Å². The Labute approximate surface area is 155 Å². The Morgan fingerprint density at radius 2 is 1.88 bits per heavy atom. The fraction of sp³-hybridized carbons (Fsp3) is 0.632. The average Bonchev–Trinajstić information content (AvgIpc) is 3.42. The number of rotatable bonds is 5. The molecule has 1 aromatic carbocycles. The van der Waals surface area contributed by atoms with Gasteiger partial charge in [0.2, 0.25) is 15.9 Å². The predicted octanol–water partition coefficient (Wildman–Crippen LogP) is 1.63. The highest BCUT2D eigenvalue weighted by Crippen LogP contribution is 2.46. The van der Waals surface area contributed by atoms with Gasteiger partial charge in [-0.15, -0.1) is 0 Å². The summed E-state index contributed by atoms with van der Waals surface area (Å²) in [6.07, 6.45) is 3.82. The summed E-state index contributed by atoms with van der Waals surface area (Å²) in [6.45, 7) is 2.55. The van der Waals surface area contributed by atoms with Crippen LogP contribution < -0.4 is 5.32 Å². The minimum Gasteiger partial charge on any atom is -0.381 e. The first-order chi connectivity index (χ1) is 12.5. The standard InChI is InChI=1S/C19H26N2O4S/c22-18(20-12-15-6-7-15)17-13-21(14-19(17)8-10-25-11-9-19)26(23,24)16-4-2-1-3-5-16/h1-5,15,17H,6-14H2,(H,20,22). The van der Waals surface area contributed by atoms with E-state index >= 15 is 0 Å². The van der Waals surface area contributed by atoms with Crippen LogP contribution >= 0.6 is 0 Å². The molecule has 26 heavy (non-hydrogen) atoms. The summed E-state index contributed by atoms with van der Waals surface area (Å²) >= 11 is 0. The van der Waals surface area contributed by atoms with Crippen molar-refractivity contribution in [3.63, 3.8) is 0 Å². The third-order valence-electron chi connectivity index (χ3n) is 6.06. The fourth-order valence-electron chi connectivity index (χ4n) is 4.18. The molecule has 7 heteroatoms. The number of hydrogen-bond donors (Lipinski definition) is 1. The molecule has 1 N–H and O–H groups in total. The van der Waals surface area contributed by atoms with Crippen LogP contribution in [0.3, 0.4) is 0 Å². The molecule has 1 aliphatic carbocycles. The molecule has 2 heterocycles. The molecule has 2 saturated heterocycles. The van der Waals surface area contributed by atoms with Gasteiger partial charge in [0.25, 0.3) is 0 Å². The fourth-order valence-corrected chi connectivity index (χ4v) is 5.76. The van der Waals surface area contributed by atoms with Gasteiger partial charge in [-0.1, -0.05) is 18.2 Å². The Hall–Kier alpha value is -1.44. The van der Waals surface area contributed by atoms with Crippen molar-refractivity contribution in [2.75, 3.05) is 32.8 Å². The lowest BCUT2D eigenvalue weighted by Crippen LogP contribution is -2.44. The molecule has 1 unspecified atom stereocenters. The highest BCUT2D eigenvalue weighted by Gasteiger charge is 2.53. The van der Waals surface area contributed by atoms with E-state index < -0.39 is 10.0 Å². The molecule has 3 aliphatic rings. The smallest absolute Gasteiger partial charge is 0.243 e. The van der Waals surface area contributed by atoms with E-state index in [0.29, 0.717) is 37.1 Å². The van der Waals surface area contributed by atoms with Crippen molar-refractivity contribution in [2.45, 2.75) is 30.6 Å². The number of carbonyl (C=O) groups excluding carboxylic acids is 1.